The molecule has 2 heterocycles. The molecule has 2 aromatic heterocycles. The number of fused-ring (bicyclic) bond motifs is 1. The molecule has 3 aromatic rings. The van der Waals surface area contributed by atoms with Gasteiger partial charge in [0.1, 0.15) is 0 Å². The lowest BCUT2D eigenvalue weighted by Gasteiger charge is -2.20. The van der Waals surface area contributed by atoms with Crippen molar-refractivity contribution in [3.63, 3.8) is 0 Å². The second kappa shape index (κ2) is 5.85. The van der Waals surface area contributed by atoms with Crippen molar-refractivity contribution in [1.82, 2.24) is 20.5 Å². The van der Waals surface area contributed by atoms with Crippen molar-refractivity contribution >= 4 is 11.0 Å². The molecular weight excluding hydrogens is 336 g/mol. The SMILES string of the molecule is CNCC(F)(F)c1cc(-c2ccnc3[nH]ncc23)cc(C2(C#N)CC2)c1. The van der Waals surface area contributed by atoms with Gasteiger partial charge < -0.3 is 5.32 Å². The number of nitrogens with one attached hydrogen (secondary N) is 2. The van der Waals surface area contributed by atoms with Crippen molar-refractivity contribution in [3.05, 3.63) is 47.8 Å². The van der Waals surface area contributed by atoms with E-state index in [9.17, 15) is 14.0 Å². The van der Waals surface area contributed by atoms with Crippen LogP contribution >= 0.6 is 0 Å². The second-order valence-corrected chi connectivity index (χ2v) is 6.72. The molecule has 1 fully saturated rings. The number of nitrogens with zero attached hydrogens (tertiary/aromatic N) is 3. The van der Waals surface area contributed by atoms with Crippen LogP contribution in [0.2, 0.25) is 0 Å². The summed E-state index contributed by atoms with van der Waals surface area (Å²) in [6.45, 7) is -0.465. The lowest BCUT2D eigenvalue weighted by atomic mass is 9.89. The molecule has 0 unspecified atom stereocenters. The zero-order chi connectivity index (χ0) is 18.4. The quantitative estimate of drug-likeness (QED) is 0.736. The van der Waals surface area contributed by atoms with Crippen LogP contribution in [0.4, 0.5) is 8.78 Å². The number of pyridine rings is 1. The molecule has 2 N–H and O–H groups in total. The van der Waals surface area contributed by atoms with E-state index in [0.717, 1.165) is 10.9 Å². The van der Waals surface area contributed by atoms with Crippen LogP contribution in [0.5, 0.6) is 0 Å². The molecule has 0 spiro atoms. The Morgan fingerprint density at radius 3 is 2.85 bits per heavy atom. The fraction of sp³-hybridized carbons (Fsp3) is 0.316. The Kier molecular flexibility index (Phi) is 3.74. The Balaban J connectivity index is 1.93. The van der Waals surface area contributed by atoms with Gasteiger partial charge in [0.05, 0.1) is 24.2 Å². The van der Waals surface area contributed by atoms with E-state index in [1.165, 1.54) is 19.2 Å². The van der Waals surface area contributed by atoms with Gasteiger partial charge in [0, 0.05) is 17.1 Å². The van der Waals surface area contributed by atoms with Gasteiger partial charge in [-0.25, -0.2) is 4.98 Å². The van der Waals surface area contributed by atoms with E-state index in [2.05, 4.69) is 26.6 Å². The molecule has 1 aliphatic carbocycles. The molecule has 0 atom stereocenters. The highest BCUT2D eigenvalue weighted by molar-refractivity contribution is 5.92. The fourth-order valence-electron chi connectivity index (χ4n) is 3.29. The molecule has 0 amide bonds. The minimum absolute atomic E-state index is 0.0886. The molecule has 1 aromatic carbocycles. The van der Waals surface area contributed by atoms with E-state index in [-0.39, 0.29) is 5.56 Å². The van der Waals surface area contributed by atoms with Gasteiger partial charge >= 0.3 is 0 Å². The maximum atomic E-state index is 14.6. The molecule has 1 aliphatic rings. The van der Waals surface area contributed by atoms with Gasteiger partial charge in [-0.1, -0.05) is 0 Å². The third-order valence-electron chi connectivity index (χ3n) is 4.94. The number of rotatable bonds is 5. The topological polar surface area (TPSA) is 77.4 Å². The molecular formula is C19H17F2N5. The third-order valence-corrected chi connectivity index (χ3v) is 4.94. The molecule has 4 rings (SSSR count). The van der Waals surface area contributed by atoms with Crippen LogP contribution in [0.25, 0.3) is 22.2 Å². The number of H-pyrrole nitrogens is 1. The lowest BCUT2D eigenvalue weighted by Crippen LogP contribution is -2.28. The summed E-state index contributed by atoms with van der Waals surface area (Å²) < 4.78 is 29.2. The molecule has 0 saturated heterocycles. The van der Waals surface area contributed by atoms with E-state index in [1.54, 1.807) is 18.5 Å². The predicted octanol–water partition coefficient (Wildman–Crippen LogP) is 3.49. The Morgan fingerprint density at radius 1 is 1.35 bits per heavy atom. The number of hydrogen-bond donors (Lipinski definition) is 2. The standard InChI is InChI=1S/C19H17F2N5/c1-23-11-19(20,21)14-7-12(6-13(8-14)18(10-22)3-4-18)15-2-5-24-17-16(15)9-25-26-17/h2,5-9,23H,3-4,11H2,1H3,(H,24,25,26). The van der Waals surface area contributed by atoms with Gasteiger partial charge in [-0.05, 0) is 60.8 Å². The minimum atomic E-state index is -3.03. The van der Waals surface area contributed by atoms with Crippen LogP contribution in [0.15, 0.2) is 36.7 Å². The van der Waals surface area contributed by atoms with Crippen LogP contribution in [0, 0.1) is 11.3 Å². The molecule has 7 heteroatoms. The van der Waals surface area contributed by atoms with Gasteiger partial charge in [-0.15, -0.1) is 0 Å². The molecule has 0 aliphatic heterocycles. The predicted molar refractivity (Wildman–Crippen MR) is 93.7 cm³/mol. The first kappa shape index (κ1) is 16.6. The second-order valence-electron chi connectivity index (χ2n) is 6.72. The number of nitriles is 1. The summed E-state index contributed by atoms with van der Waals surface area (Å²) in [6, 6.07) is 8.90. The monoisotopic (exact) mass is 353 g/mol. The zero-order valence-corrected chi connectivity index (χ0v) is 14.2. The van der Waals surface area contributed by atoms with Crippen LogP contribution in [0.1, 0.15) is 24.0 Å². The van der Waals surface area contributed by atoms with Crippen molar-refractivity contribution in [2.75, 3.05) is 13.6 Å². The van der Waals surface area contributed by atoms with Gasteiger partial charge in [0.2, 0.25) is 0 Å². The Hall–Kier alpha value is -2.85. The molecule has 132 valence electrons. The number of aromatic amines is 1. The van der Waals surface area contributed by atoms with Gasteiger partial charge in [-0.3, -0.25) is 5.10 Å². The molecule has 26 heavy (non-hydrogen) atoms. The average molecular weight is 353 g/mol. The number of halogens is 2. The summed E-state index contributed by atoms with van der Waals surface area (Å²) in [4.78, 5) is 4.20. The first-order chi connectivity index (χ1) is 12.5. The summed E-state index contributed by atoms with van der Waals surface area (Å²) in [5.74, 6) is -3.03. The lowest BCUT2D eigenvalue weighted by molar-refractivity contribution is -0.00129. The highest BCUT2D eigenvalue weighted by Gasteiger charge is 2.46. The molecule has 0 bridgehead atoms. The van der Waals surface area contributed by atoms with Crippen molar-refractivity contribution in [2.24, 2.45) is 0 Å². The Labute approximate surface area is 149 Å². The third kappa shape index (κ3) is 2.63. The zero-order valence-electron chi connectivity index (χ0n) is 14.2. The maximum absolute atomic E-state index is 14.6. The molecule has 0 radical (unpaired) electrons. The van der Waals surface area contributed by atoms with E-state index in [1.807, 2.05) is 6.07 Å². The summed E-state index contributed by atoms with van der Waals surface area (Å²) in [5.41, 5.74) is 1.91. The normalized spacial score (nSPS) is 15.8. The number of benzene rings is 1. The maximum Gasteiger partial charge on any atom is 0.285 e. The van der Waals surface area contributed by atoms with Gasteiger partial charge in [-0.2, -0.15) is 19.1 Å². The summed E-state index contributed by atoms with van der Waals surface area (Å²) >= 11 is 0. The van der Waals surface area contributed by atoms with E-state index in [0.29, 0.717) is 29.6 Å². The van der Waals surface area contributed by atoms with Crippen LogP contribution in [-0.4, -0.2) is 28.8 Å². The fourth-order valence-corrected chi connectivity index (χ4v) is 3.29. The van der Waals surface area contributed by atoms with E-state index in [4.69, 9.17) is 0 Å². The summed E-state index contributed by atoms with van der Waals surface area (Å²) in [7, 11) is 1.49. The van der Waals surface area contributed by atoms with Gasteiger partial charge in [0.25, 0.3) is 5.92 Å². The highest BCUT2D eigenvalue weighted by Crippen LogP contribution is 2.49. The Morgan fingerprint density at radius 2 is 2.15 bits per heavy atom. The van der Waals surface area contributed by atoms with Crippen molar-refractivity contribution in [1.29, 1.82) is 5.26 Å². The number of alkyl halides is 2. The average Bonchev–Trinajstić information content (AvgIpc) is 3.30. The number of aromatic nitrogens is 3. The van der Waals surface area contributed by atoms with E-state index >= 15 is 0 Å². The van der Waals surface area contributed by atoms with Crippen LogP contribution in [-0.2, 0) is 11.3 Å². The first-order valence-corrected chi connectivity index (χ1v) is 8.37. The van der Waals surface area contributed by atoms with Crippen LogP contribution in [0.3, 0.4) is 0 Å². The smallest absolute Gasteiger partial charge is 0.285 e. The van der Waals surface area contributed by atoms with E-state index < -0.39 is 17.9 Å². The summed E-state index contributed by atoms with van der Waals surface area (Å²) in [5, 5.41) is 19.6. The largest absolute Gasteiger partial charge is 0.314 e. The summed E-state index contributed by atoms with van der Waals surface area (Å²) in [6.07, 6.45) is 4.64. The van der Waals surface area contributed by atoms with Crippen molar-refractivity contribution in [3.8, 4) is 17.2 Å². The number of hydrogen-bond acceptors (Lipinski definition) is 4. The molecule has 5 nitrogen and oxygen atoms in total. The van der Waals surface area contributed by atoms with Gasteiger partial charge in [0.15, 0.2) is 5.65 Å². The highest BCUT2D eigenvalue weighted by atomic mass is 19.3. The number of likely N-dealkylation sites (N-methyl/N-ethyl adjacent to an activating group) is 1. The minimum Gasteiger partial charge on any atom is -0.314 e. The van der Waals surface area contributed by atoms with Crippen LogP contribution < -0.4 is 5.32 Å². The molecule has 1 saturated carbocycles. The van der Waals surface area contributed by atoms with Crippen molar-refractivity contribution in [2.45, 2.75) is 24.2 Å². The van der Waals surface area contributed by atoms with Crippen molar-refractivity contribution < 1.29 is 8.78 Å². The Bertz CT molecular complexity index is 1010. The first-order valence-electron chi connectivity index (χ1n) is 8.37.